The van der Waals surface area contributed by atoms with Gasteiger partial charge in [-0.3, -0.25) is 0 Å². The van der Waals surface area contributed by atoms with E-state index in [4.69, 9.17) is 0 Å². The molecule has 9 aromatic rings. The molecule has 4 heterocycles. The van der Waals surface area contributed by atoms with Crippen LogP contribution in [-0.2, 0) is 0 Å². The number of aromatic nitrogens is 4. The molecule has 0 N–H and O–H groups in total. The van der Waals surface area contributed by atoms with E-state index in [-0.39, 0.29) is 0 Å². The first-order valence-corrected chi connectivity index (χ1v) is 15.8. The summed E-state index contributed by atoms with van der Waals surface area (Å²) < 4.78 is 9.80. The third-order valence-electron chi connectivity index (χ3n) is 9.89. The predicted octanol–water partition coefficient (Wildman–Crippen LogP) is 10.7. The molecular formula is C42H26N4. The summed E-state index contributed by atoms with van der Waals surface area (Å²) in [5, 5.41) is 7.53. The molecule has 0 saturated heterocycles. The molecule has 2 aliphatic heterocycles. The van der Waals surface area contributed by atoms with Crippen LogP contribution in [0.3, 0.4) is 0 Å². The van der Waals surface area contributed by atoms with Crippen molar-refractivity contribution in [3.8, 4) is 17.1 Å². The molecule has 214 valence electrons. The van der Waals surface area contributed by atoms with Crippen LogP contribution in [0.4, 0.5) is 0 Å². The van der Waals surface area contributed by atoms with Gasteiger partial charge in [0.1, 0.15) is 0 Å². The summed E-state index contributed by atoms with van der Waals surface area (Å²) in [5.74, 6) is 0. The van der Waals surface area contributed by atoms with Crippen molar-refractivity contribution < 1.29 is 0 Å². The highest BCUT2D eigenvalue weighted by Crippen LogP contribution is 2.44. The fourth-order valence-corrected chi connectivity index (χ4v) is 8.10. The highest BCUT2D eigenvalue weighted by molar-refractivity contribution is 6.20. The number of benzene rings is 7. The van der Waals surface area contributed by atoms with E-state index in [1.807, 2.05) is 0 Å². The van der Waals surface area contributed by atoms with Gasteiger partial charge >= 0.3 is 0 Å². The Morgan fingerprint density at radius 2 is 0.804 bits per heavy atom. The predicted molar refractivity (Wildman–Crippen MR) is 192 cm³/mol. The van der Waals surface area contributed by atoms with Crippen LogP contribution in [0.5, 0.6) is 0 Å². The van der Waals surface area contributed by atoms with E-state index < -0.39 is 0 Å². The zero-order chi connectivity index (χ0) is 29.9. The van der Waals surface area contributed by atoms with E-state index in [0.717, 1.165) is 27.9 Å². The fourth-order valence-electron chi connectivity index (χ4n) is 8.10. The summed E-state index contributed by atoms with van der Waals surface area (Å²) in [5.41, 5.74) is 11.8. The van der Waals surface area contributed by atoms with Crippen molar-refractivity contribution in [1.29, 1.82) is 0 Å². The number of fused-ring (bicyclic) bond motifs is 10. The number of para-hydroxylation sites is 7. The van der Waals surface area contributed by atoms with Gasteiger partial charge < -0.3 is 9.13 Å². The normalized spacial score (nSPS) is 12.3. The molecule has 46 heavy (non-hydrogen) atoms. The van der Waals surface area contributed by atoms with Crippen molar-refractivity contribution >= 4 is 70.9 Å². The maximum Gasteiger partial charge on any atom is 0.0958 e. The average Bonchev–Trinajstić information content (AvgIpc) is 3.64. The monoisotopic (exact) mass is 586 g/mol. The van der Waals surface area contributed by atoms with Gasteiger partial charge in [0.15, 0.2) is 0 Å². The van der Waals surface area contributed by atoms with Crippen LogP contribution in [0.1, 0.15) is 0 Å². The summed E-state index contributed by atoms with van der Waals surface area (Å²) in [6.45, 7) is 0. The van der Waals surface area contributed by atoms with Crippen LogP contribution in [0, 0.1) is 0 Å². The Bertz CT molecular complexity index is 2910. The molecule has 4 nitrogen and oxygen atoms in total. The van der Waals surface area contributed by atoms with Gasteiger partial charge in [-0.2, -0.15) is 0 Å². The SMILES string of the molecule is c1ccc(-n2c3cc(-n4c5ccccc5c5ccccc54)cc4c3-n(c3ccccc32)n2c3ccccc3c3cccc4c32)cc1. The molecule has 4 heteroatoms. The highest BCUT2D eigenvalue weighted by atomic mass is 15.4. The summed E-state index contributed by atoms with van der Waals surface area (Å²) in [4.78, 5) is 0. The van der Waals surface area contributed by atoms with Gasteiger partial charge in [-0.1, -0.05) is 103 Å². The van der Waals surface area contributed by atoms with E-state index in [9.17, 15) is 0 Å². The van der Waals surface area contributed by atoms with Gasteiger partial charge in [0.25, 0.3) is 0 Å². The van der Waals surface area contributed by atoms with E-state index in [2.05, 4.69) is 176 Å². The third kappa shape index (κ3) is 2.94. The maximum absolute atomic E-state index is 2.47. The molecule has 0 spiro atoms. The number of hydrogen-bond donors (Lipinski definition) is 0. The Labute approximate surface area is 263 Å². The molecule has 0 fully saturated rings. The minimum atomic E-state index is 1.14. The van der Waals surface area contributed by atoms with Gasteiger partial charge in [-0.25, -0.2) is 9.20 Å². The molecule has 2 aliphatic rings. The number of nitrogens with zero attached hydrogens (tertiary/aromatic N) is 4. The first-order valence-electron chi connectivity index (χ1n) is 15.8. The standard InChI is InChI=1S/C42H26N4/c1-2-13-27(14-3-1)43-38-23-10-11-24-39(38)46-42-34(33-19-12-18-32-31-17-6-9-22-37(31)45(46)41(32)33)25-28(26-40(42)43)44-35-20-7-4-15-29(35)30-16-5-8-21-36(30)44/h1-26H. The Balaban J connectivity index is 1.46. The minimum Gasteiger partial charge on any atom is -0.309 e. The average molecular weight is 587 g/mol. The van der Waals surface area contributed by atoms with Crippen LogP contribution in [0.25, 0.3) is 88.0 Å². The van der Waals surface area contributed by atoms with Gasteiger partial charge in [0, 0.05) is 43.7 Å². The first-order chi connectivity index (χ1) is 22.9. The molecule has 0 radical (unpaired) electrons. The molecule has 0 aliphatic carbocycles. The molecule has 0 unspecified atom stereocenters. The van der Waals surface area contributed by atoms with Crippen LogP contribution < -0.4 is 0 Å². The molecule has 0 bridgehead atoms. The maximum atomic E-state index is 2.47. The smallest absolute Gasteiger partial charge is 0.0958 e. The molecule has 2 aromatic heterocycles. The van der Waals surface area contributed by atoms with Crippen molar-refractivity contribution in [2.24, 2.45) is 0 Å². The zero-order valence-electron chi connectivity index (χ0n) is 24.8. The Morgan fingerprint density at radius 1 is 0.304 bits per heavy atom. The summed E-state index contributed by atoms with van der Waals surface area (Å²) in [6.07, 6.45) is 0. The van der Waals surface area contributed by atoms with Crippen molar-refractivity contribution in [3.63, 3.8) is 0 Å². The van der Waals surface area contributed by atoms with Gasteiger partial charge in [-0.05, 0) is 54.6 Å². The lowest BCUT2D eigenvalue weighted by Gasteiger charge is -2.28. The Hall–Kier alpha value is -6.26. The fraction of sp³-hybridized carbons (Fsp3) is 0. The summed E-state index contributed by atoms with van der Waals surface area (Å²) >= 11 is 0. The molecule has 0 atom stereocenters. The minimum absolute atomic E-state index is 1.14. The van der Waals surface area contributed by atoms with Crippen molar-refractivity contribution in [3.05, 3.63) is 158 Å². The third-order valence-corrected chi connectivity index (χ3v) is 9.89. The van der Waals surface area contributed by atoms with Gasteiger partial charge in [0.2, 0.25) is 0 Å². The van der Waals surface area contributed by atoms with Crippen LogP contribution in [0.15, 0.2) is 158 Å². The first kappa shape index (κ1) is 24.1. The van der Waals surface area contributed by atoms with E-state index in [0.29, 0.717) is 0 Å². The quantitative estimate of drug-likeness (QED) is 0.142. The van der Waals surface area contributed by atoms with Crippen LogP contribution in [-0.4, -0.2) is 18.3 Å². The van der Waals surface area contributed by atoms with E-state index in [1.165, 1.54) is 60.1 Å². The number of rotatable bonds is 2. The lowest BCUT2D eigenvalue weighted by atomic mass is 10.0. The molecular weight excluding hydrogens is 560 g/mol. The second-order valence-electron chi connectivity index (χ2n) is 12.2. The molecule has 0 saturated carbocycles. The van der Waals surface area contributed by atoms with Crippen LogP contribution in [0.2, 0.25) is 0 Å². The number of hydrogen-bond acceptors (Lipinski definition) is 0. The Kier molecular flexibility index (Phi) is 4.55. The second-order valence-corrected chi connectivity index (χ2v) is 12.2. The van der Waals surface area contributed by atoms with Crippen molar-refractivity contribution in [1.82, 2.24) is 18.3 Å². The summed E-state index contributed by atoms with van der Waals surface area (Å²) in [6, 6.07) is 57.5. The molecule has 0 amide bonds. The largest absolute Gasteiger partial charge is 0.309 e. The van der Waals surface area contributed by atoms with Crippen molar-refractivity contribution in [2.45, 2.75) is 0 Å². The van der Waals surface area contributed by atoms with Gasteiger partial charge in [0.05, 0.1) is 44.3 Å². The Morgan fingerprint density at radius 3 is 1.50 bits per heavy atom. The topological polar surface area (TPSA) is 19.2 Å². The van der Waals surface area contributed by atoms with Crippen molar-refractivity contribution in [2.75, 3.05) is 0 Å². The second kappa shape index (κ2) is 8.68. The van der Waals surface area contributed by atoms with Crippen LogP contribution >= 0.6 is 0 Å². The van der Waals surface area contributed by atoms with Gasteiger partial charge in [-0.15, -0.1) is 0 Å². The zero-order valence-corrected chi connectivity index (χ0v) is 24.8. The van der Waals surface area contributed by atoms with E-state index >= 15 is 0 Å². The summed E-state index contributed by atoms with van der Waals surface area (Å²) in [7, 11) is 0. The van der Waals surface area contributed by atoms with E-state index in [1.54, 1.807) is 0 Å². The lowest BCUT2D eigenvalue weighted by molar-refractivity contribution is 0.837. The molecule has 7 aromatic carbocycles. The lowest BCUT2D eigenvalue weighted by Crippen LogP contribution is -2.17. The highest BCUT2D eigenvalue weighted by Gasteiger charge is 2.26. The molecule has 11 rings (SSSR count).